The van der Waals surface area contributed by atoms with E-state index in [-0.39, 0.29) is 0 Å². The molecule has 2 aromatic carbocycles. The molecule has 1 N–H and O–H groups in total. The highest BCUT2D eigenvalue weighted by atomic mass is 35.5. The standard InChI is InChI=1S/C29H30ClNO/c1-5-23(27(6-2)29(3,4)32)12-8-11-21-9-7-10-22(19-21)13-17-26-18-15-24-14-16-25(30)20-28(24)31-26/h5-7,9-10,13-20,32H,1-2,8,11-12H2,3-4H3/b17-13+,27-23-. The molecule has 1 heterocycles. The maximum atomic E-state index is 10.4. The van der Waals surface area contributed by atoms with Gasteiger partial charge < -0.3 is 5.11 Å². The molecule has 0 unspecified atom stereocenters. The molecule has 0 aliphatic carbocycles. The summed E-state index contributed by atoms with van der Waals surface area (Å²) >= 11 is 6.10. The lowest BCUT2D eigenvalue weighted by atomic mass is 9.90. The van der Waals surface area contributed by atoms with Crippen molar-refractivity contribution in [2.75, 3.05) is 0 Å². The van der Waals surface area contributed by atoms with Crippen molar-refractivity contribution in [2.24, 2.45) is 0 Å². The third-order valence-electron chi connectivity index (χ3n) is 5.44. The van der Waals surface area contributed by atoms with Crippen LogP contribution in [0.25, 0.3) is 23.1 Å². The van der Waals surface area contributed by atoms with Gasteiger partial charge in [-0.3, -0.25) is 0 Å². The number of allylic oxidation sites excluding steroid dienone is 2. The number of benzene rings is 2. The van der Waals surface area contributed by atoms with Crippen molar-refractivity contribution in [3.05, 3.63) is 113 Å². The molecule has 32 heavy (non-hydrogen) atoms. The zero-order valence-corrected chi connectivity index (χ0v) is 19.6. The van der Waals surface area contributed by atoms with E-state index in [9.17, 15) is 5.11 Å². The highest BCUT2D eigenvalue weighted by Crippen LogP contribution is 2.25. The molecule has 1 aromatic heterocycles. The fourth-order valence-electron chi connectivity index (χ4n) is 3.84. The largest absolute Gasteiger partial charge is 0.386 e. The molecule has 0 aliphatic heterocycles. The lowest BCUT2D eigenvalue weighted by molar-refractivity contribution is 0.122. The monoisotopic (exact) mass is 443 g/mol. The number of halogens is 1. The highest BCUT2D eigenvalue weighted by Gasteiger charge is 2.19. The zero-order chi connectivity index (χ0) is 23.1. The van der Waals surface area contributed by atoms with Crippen molar-refractivity contribution in [3.8, 4) is 0 Å². The molecule has 0 saturated heterocycles. The minimum absolute atomic E-state index is 0.691. The first kappa shape index (κ1) is 23.7. The van der Waals surface area contributed by atoms with Gasteiger partial charge in [-0.15, -0.1) is 0 Å². The summed E-state index contributed by atoms with van der Waals surface area (Å²) in [5.41, 5.74) is 5.17. The number of rotatable bonds is 9. The molecule has 0 saturated carbocycles. The molecule has 0 amide bonds. The van der Waals surface area contributed by atoms with Crippen molar-refractivity contribution in [2.45, 2.75) is 38.7 Å². The molecule has 0 bridgehead atoms. The van der Waals surface area contributed by atoms with Gasteiger partial charge in [-0.2, -0.15) is 0 Å². The van der Waals surface area contributed by atoms with Crippen LogP contribution in [0.1, 0.15) is 43.5 Å². The summed E-state index contributed by atoms with van der Waals surface area (Å²) in [6.45, 7) is 11.3. The van der Waals surface area contributed by atoms with Crippen LogP contribution in [0.3, 0.4) is 0 Å². The van der Waals surface area contributed by atoms with Gasteiger partial charge in [0, 0.05) is 10.4 Å². The summed E-state index contributed by atoms with van der Waals surface area (Å²) in [6.07, 6.45) is 10.4. The summed E-state index contributed by atoms with van der Waals surface area (Å²) in [4.78, 5) is 4.68. The fraction of sp³-hybridized carbons (Fsp3) is 0.207. The second-order valence-corrected chi connectivity index (χ2v) is 8.85. The van der Waals surface area contributed by atoms with Gasteiger partial charge in [0.1, 0.15) is 0 Å². The Labute approximate surface area is 196 Å². The van der Waals surface area contributed by atoms with Crippen LogP contribution in [-0.4, -0.2) is 15.7 Å². The Morgan fingerprint density at radius 3 is 2.53 bits per heavy atom. The molecule has 3 rings (SSSR count). The van der Waals surface area contributed by atoms with Gasteiger partial charge in [0.25, 0.3) is 0 Å². The second kappa shape index (κ2) is 10.6. The van der Waals surface area contributed by atoms with Crippen LogP contribution in [0, 0.1) is 0 Å². The van der Waals surface area contributed by atoms with Gasteiger partial charge in [0.2, 0.25) is 0 Å². The van der Waals surface area contributed by atoms with E-state index in [1.165, 1.54) is 5.56 Å². The Bertz CT molecular complexity index is 1180. The molecule has 164 valence electrons. The van der Waals surface area contributed by atoms with Crippen molar-refractivity contribution >= 4 is 34.7 Å². The van der Waals surface area contributed by atoms with E-state index in [0.717, 1.165) is 52.6 Å². The number of hydrogen-bond acceptors (Lipinski definition) is 2. The Morgan fingerprint density at radius 2 is 1.81 bits per heavy atom. The van der Waals surface area contributed by atoms with Crippen molar-refractivity contribution in [1.29, 1.82) is 0 Å². The number of pyridine rings is 1. The maximum Gasteiger partial charge on any atom is 0.0842 e. The molecular weight excluding hydrogens is 414 g/mol. The quantitative estimate of drug-likeness (QED) is 0.342. The third-order valence-corrected chi connectivity index (χ3v) is 5.68. The average Bonchev–Trinajstić information content (AvgIpc) is 2.76. The van der Waals surface area contributed by atoms with E-state index in [0.29, 0.717) is 5.02 Å². The Kier molecular flexibility index (Phi) is 7.84. The molecular formula is C29H30ClNO. The molecule has 0 atom stereocenters. The van der Waals surface area contributed by atoms with Gasteiger partial charge in [0.05, 0.1) is 16.8 Å². The molecule has 0 spiro atoms. The topological polar surface area (TPSA) is 33.1 Å². The number of hydrogen-bond donors (Lipinski definition) is 1. The van der Waals surface area contributed by atoms with Gasteiger partial charge in [-0.25, -0.2) is 4.98 Å². The predicted octanol–water partition coefficient (Wildman–Crippen LogP) is 7.82. The Hall–Kier alpha value is -2.94. The lowest BCUT2D eigenvalue weighted by Crippen LogP contribution is -2.22. The predicted molar refractivity (Wildman–Crippen MR) is 139 cm³/mol. The van der Waals surface area contributed by atoms with E-state index in [1.807, 2.05) is 36.4 Å². The minimum Gasteiger partial charge on any atom is -0.386 e. The first-order chi connectivity index (χ1) is 15.3. The van der Waals surface area contributed by atoms with Gasteiger partial charge in [0.15, 0.2) is 0 Å². The molecule has 0 radical (unpaired) electrons. The van der Waals surface area contributed by atoms with E-state index < -0.39 is 5.60 Å². The summed E-state index contributed by atoms with van der Waals surface area (Å²) < 4.78 is 0. The summed E-state index contributed by atoms with van der Waals surface area (Å²) in [6, 6.07) is 18.3. The van der Waals surface area contributed by atoms with Crippen molar-refractivity contribution in [1.82, 2.24) is 4.98 Å². The van der Waals surface area contributed by atoms with E-state index >= 15 is 0 Å². The molecule has 0 aliphatic rings. The zero-order valence-electron chi connectivity index (χ0n) is 18.8. The van der Waals surface area contributed by atoms with Gasteiger partial charge in [-0.05, 0) is 79.7 Å². The van der Waals surface area contributed by atoms with Crippen molar-refractivity contribution in [3.63, 3.8) is 0 Å². The smallest absolute Gasteiger partial charge is 0.0842 e. The van der Waals surface area contributed by atoms with Crippen LogP contribution >= 0.6 is 11.6 Å². The number of aliphatic hydroxyl groups is 1. The Balaban J connectivity index is 1.68. The van der Waals surface area contributed by atoms with Crippen LogP contribution in [0.5, 0.6) is 0 Å². The van der Waals surface area contributed by atoms with Crippen LogP contribution in [0.15, 0.2) is 91.1 Å². The van der Waals surface area contributed by atoms with Gasteiger partial charge in [-0.1, -0.05) is 79.4 Å². The fourth-order valence-corrected chi connectivity index (χ4v) is 4.00. The molecule has 3 heteroatoms. The normalized spacial score (nSPS) is 12.8. The third kappa shape index (κ3) is 6.29. The van der Waals surface area contributed by atoms with Crippen LogP contribution in [-0.2, 0) is 6.42 Å². The molecule has 2 nitrogen and oxygen atoms in total. The van der Waals surface area contributed by atoms with Crippen molar-refractivity contribution < 1.29 is 5.11 Å². The average molecular weight is 444 g/mol. The van der Waals surface area contributed by atoms with Crippen LogP contribution < -0.4 is 0 Å². The summed E-state index contributed by atoms with van der Waals surface area (Å²) in [5, 5.41) is 12.1. The molecule has 3 aromatic rings. The van der Waals surface area contributed by atoms with Crippen LogP contribution in [0.4, 0.5) is 0 Å². The summed E-state index contributed by atoms with van der Waals surface area (Å²) in [5.74, 6) is 0. The first-order valence-corrected chi connectivity index (χ1v) is 11.2. The molecule has 0 fully saturated rings. The SMILES string of the molecule is C=C/C(CCCc1cccc(/C=C/c2ccc3ccc(Cl)cc3n2)c1)=C(\C=C)C(C)(C)O. The van der Waals surface area contributed by atoms with Crippen LogP contribution in [0.2, 0.25) is 5.02 Å². The number of aromatic nitrogens is 1. The Morgan fingerprint density at radius 1 is 1.03 bits per heavy atom. The van der Waals surface area contributed by atoms with E-state index in [1.54, 1.807) is 19.9 Å². The second-order valence-electron chi connectivity index (χ2n) is 8.41. The highest BCUT2D eigenvalue weighted by molar-refractivity contribution is 6.31. The first-order valence-electron chi connectivity index (χ1n) is 10.8. The van der Waals surface area contributed by atoms with E-state index in [2.05, 4.69) is 54.5 Å². The number of fused-ring (bicyclic) bond motifs is 1. The summed E-state index contributed by atoms with van der Waals surface area (Å²) in [7, 11) is 0. The van der Waals surface area contributed by atoms with Gasteiger partial charge >= 0.3 is 0 Å². The number of nitrogens with zero attached hydrogens (tertiary/aromatic N) is 1. The number of aryl methyl sites for hydroxylation is 1. The lowest BCUT2D eigenvalue weighted by Gasteiger charge is -2.22. The minimum atomic E-state index is -0.919. The van der Waals surface area contributed by atoms with E-state index in [4.69, 9.17) is 11.6 Å². The maximum absolute atomic E-state index is 10.4.